The summed E-state index contributed by atoms with van der Waals surface area (Å²) in [4.78, 5) is 13.7. The Morgan fingerprint density at radius 1 is 1.62 bits per heavy atom. The molecule has 2 N–H and O–H groups in total. The first-order chi connectivity index (χ1) is 6.04. The molecule has 1 heterocycles. The first-order valence-electron chi connectivity index (χ1n) is 5.10. The monoisotopic (exact) mass is 182 g/mol. The average Bonchev–Trinajstić information content (AvgIpc) is 2.48. The summed E-state index contributed by atoms with van der Waals surface area (Å²) in [6.45, 7) is 4.87. The summed E-state index contributed by atoms with van der Waals surface area (Å²) in [7, 11) is 2.10. The summed E-state index contributed by atoms with van der Waals surface area (Å²) >= 11 is 0. The van der Waals surface area contributed by atoms with Crippen LogP contribution in [0.15, 0.2) is 0 Å². The fraction of sp³-hybridized carbons (Fsp3) is 0.889. The van der Waals surface area contributed by atoms with E-state index in [1.165, 1.54) is 0 Å². The van der Waals surface area contributed by atoms with Crippen molar-refractivity contribution in [1.29, 1.82) is 0 Å². The van der Waals surface area contributed by atoms with Gasteiger partial charge in [0.05, 0.1) is 6.04 Å². The van der Waals surface area contributed by atoms with Crippen molar-refractivity contribution in [3.63, 3.8) is 0 Å². The molecular weight excluding hydrogens is 163 g/mol. The second-order valence-corrected chi connectivity index (χ2v) is 4.29. The SMILES string of the molecule is B[C@@H]1CCCN1C(=O)[C@@H](N)C(C)C. The summed E-state index contributed by atoms with van der Waals surface area (Å²) in [5, 5.41) is 0. The van der Waals surface area contributed by atoms with E-state index in [0.29, 0.717) is 5.94 Å². The third-order valence-electron chi connectivity index (χ3n) is 2.84. The topological polar surface area (TPSA) is 46.3 Å². The normalized spacial score (nSPS) is 25.2. The molecule has 3 nitrogen and oxygen atoms in total. The van der Waals surface area contributed by atoms with E-state index in [4.69, 9.17) is 5.73 Å². The number of likely N-dealkylation sites (tertiary alicyclic amines) is 1. The largest absolute Gasteiger partial charge is 0.347 e. The lowest BCUT2D eigenvalue weighted by molar-refractivity contribution is -0.133. The van der Waals surface area contributed by atoms with E-state index in [2.05, 4.69) is 7.85 Å². The minimum Gasteiger partial charge on any atom is -0.347 e. The van der Waals surface area contributed by atoms with E-state index in [9.17, 15) is 4.79 Å². The van der Waals surface area contributed by atoms with E-state index in [-0.39, 0.29) is 17.9 Å². The molecule has 0 aromatic rings. The highest BCUT2D eigenvalue weighted by molar-refractivity contribution is 6.13. The van der Waals surface area contributed by atoms with Crippen LogP contribution < -0.4 is 5.73 Å². The van der Waals surface area contributed by atoms with Crippen molar-refractivity contribution >= 4 is 13.8 Å². The molecule has 1 fully saturated rings. The molecule has 0 unspecified atom stereocenters. The molecule has 0 spiro atoms. The van der Waals surface area contributed by atoms with Gasteiger partial charge in [0.2, 0.25) is 5.91 Å². The molecule has 0 aliphatic carbocycles. The van der Waals surface area contributed by atoms with Crippen molar-refractivity contribution in [3.8, 4) is 0 Å². The molecular formula is C9H19BN2O. The van der Waals surface area contributed by atoms with E-state index in [1.807, 2.05) is 18.7 Å². The van der Waals surface area contributed by atoms with Crippen LogP contribution in [0.2, 0.25) is 0 Å². The van der Waals surface area contributed by atoms with Gasteiger partial charge in [0.25, 0.3) is 0 Å². The van der Waals surface area contributed by atoms with E-state index in [1.54, 1.807) is 0 Å². The van der Waals surface area contributed by atoms with Gasteiger partial charge in [-0.3, -0.25) is 4.79 Å². The van der Waals surface area contributed by atoms with Crippen molar-refractivity contribution in [3.05, 3.63) is 0 Å². The number of hydrogen-bond acceptors (Lipinski definition) is 2. The zero-order valence-electron chi connectivity index (χ0n) is 8.79. The van der Waals surface area contributed by atoms with Gasteiger partial charge in [-0.15, -0.1) is 0 Å². The highest BCUT2D eigenvalue weighted by Crippen LogP contribution is 2.16. The van der Waals surface area contributed by atoms with Crippen LogP contribution in [0.4, 0.5) is 0 Å². The molecule has 1 aliphatic heterocycles. The van der Waals surface area contributed by atoms with Crippen LogP contribution in [0.1, 0.15) is 26.7 Å². The Balaban J connectivity index is 2.56. The summed E-state index contributed by atoms with van der Waals surface area (Å²) in [6.07, 6.45) is 2.24. The van der Waals surface area contributed by atoms with Crippen molar-refractivity contribution in [2.24, 2.45) is 11.7 Å². The lowest BCUT2D eigenvalue weighted by Crippen LogP contribution is -2.48. The van der Waals surface area contributed by atoms with Gasteiger partial charge in [0.15, 0.2) is 0 Å². The molecule has 13 heavy (non-hydrogen) atoms. The lowest BCUT2D eigenvalue weighted by atomic mass is 9.93. The van der Waals surface area contributed by atoms with Crippen LogP contribution in [-0.2, 0) is 4.79 Å². The van der Waals surface area contributed by atoms with Crippen molar-refractivity contribution in [2.45, 2.75) is 38.7 Å². The molecule has 1 rings (SSSR count). The maximum atomic E-state index is 11.8. The second kappa shape index (κ2) is 4.14. The van der Waals surface area contributed by atoms with Crippen LogP contribution in [0.5, 0.6) is 0 Å². The first-order valence-corrected chi connectivity index (χ1v) is 5.10. The van der Waals surface area contributed by atoms with Crippen LogP contribution in [-0.4, -0.2) is 37.2 Å². The standard InChI is InChI=1S/C9H19BN2O/c1-6(2)8(11)9(13)12-5-3-4-7(12)10/h6-8H,3-5,10-11H2,1-2H3/t7-,8-/m0/s1. The Morgan fingerprint density at radius 3 is 2.62 bits per heavy atom. The van der Waals surface area contributed by atoms with Gasteiger partial charge in [-0.05, 0) is 24.7 Å². The Labute approximate surface area is 81.1 Å². The van der Waals surface area contributed by atoms with Crippen molar-refractivity contribution < 1.29 is 4.79 Å². The summed E-state index contributed by atoms with van der Waals surface area (Å²) in [6, 6.07) is -0.319. The minimum atomic E-state index is -0.319. The lowest BCUT2D eigenvalue weighted by Gasteiger charge is -2.26. The third-order valence-corrected chi connectivity index (χ3v) is 2.84. The Morgan fingerprint density at radius 2 is 2.23 bits per heavy atom. The van der Waals surface area contributed by atoms with E-state index < -0.39 is 0 Å². The van der Waals surface area contributed by atoms with Crippen molar-refractivity contribution in [1.82, 2.24) is 4.90 Å². The number of carbonyl (C=O) groups is 1. The highest BCUT2D eigenvalue weighted by Gasteiger charge is 2.29. The Hall–Kier alpha value is -0.505. The maximum Gasteiger partial charge on any atom is 0.239 e. The summed E-state index contributed by atoms with van der Waals surface area (Å²) in [5.41, 5.74) is 5.81. The first kappa shape index (κ1) is 10.6. The predicted octanol–water partition coefficient (Wildman–Crippen LogP) is -0.449. The fourth-order valence-electron chi connectivity index (χ4n) is 1.74. The molecule has 0 bridgehead atoms. The smallest absolute Gasteiger partial charge is 0.239 e. The van der Waals surface area contributed by atoms with E-state index >= 15 is 0 Å². The molecule has 0 aromatic carbocycles. The van der Waals surface area contributed by atoms with Gasteiger partial charge in [-0.1, -0.05) is 13.8 Å². The number of hydrogen-bond donors (Lipinski definition) is 1. The molecule has 2 atom stereocenters. The molecule has 0 saturated carbocycles. The maximum absolute atomic E-state index is 11.8. The van der Waals surface area contributed by atoms with Crippen LogP contribution in [0, 0.1) is 5.92 Å². The van der Waals surface area contributed by atoms with Crippen molar-refractivity contribution in [2.75, 3.05) is 6.54 Å². The van der Waals surface area contributed by atoms with Gasteiger partial charge in [-0.2, -0.15) is 0 Å². The molecule has 1 amide bonds. The van der Waals surface area contributed by atoms with Gasteiger partial charge in [0, 0.05) is 6.54 Å². The quantitative estimate of drug-likeness (QED) is 0.588. The molecule has 1 aliphatic rings. The summed E-state index contributed by atoms with van der Waals surface area (Å²) in [5.74, 6) is 0.748. The zero-order chi connectivity index (χ0) is 10.0. The molecule has 1 saturated heterocycles. The fourth-order valence-corrected chi connectivity index (χ4v) is 1.74. The number of rotatable bonds is 2. The van der Waals surface area contributed by atoms with Gasteiger partial charge in [0.1, 0.15) is 7.85 Å². The summed E-state index contributed by atoms with van der Waals surface area (Å²) < 4.78 is 0. The Kier molecular flexibility index (Phi) is 3.36. The van der Waals surface area contributed by atoms with Crippen LogP contribution >= 0.6 is 0 Å². The predicted molar refractivity (Wildman–Crippen MR) is 56.1 cm³/mol. The van der Waals surface area contributed by atoms with Crippen LogP contribution in [0.25, 0.3) is 0 Å². The number of nitrogens with two attached hydrogens (primary N) is 1. The third kappa shape index (κ3) is 2.24. The minimum absolute atomic E-state index is 0.125. The Bertz CT molecular complexity index is 196. The average molecular weight is 182 g/mol. The second-order valence-electron chi connectivity index (χ2n) is 4.29. The van der Waals surface area contributed by atoms with Gasteiger partial charge < -0.3 is 10.6 Å². The number of carbonyl (C=O) groups excluding carboxylic acids is 1. The van der Waals surface area contributed by atoms with Crippen LogP contribution in [0.3, 0.4) is 0 Å². The van der Waals surface area contributed by atoms with Gasteiger partial charge >= 0.3 is 0 Å². The zero-order valence-corrected chi connectivity index (χ0v) is 8.79. The molecule has 0 radical (unpaired) electrons. The molecule has 0 aromatic heterocycles. The molecule has 74 valence electrons. The number of nitrogens with zero attached hydrogens (tertiary/aromatic N) is 1. The highest BCUT2D eigenvalue weighted by atomic mass is 16.2. The molecule has 4 heteroatoms. The van der Waals surface area contributed by atoms with Gasteiger partial charge in [-0.25, -0.2) is 0 Å². The van der Waals surface area contributed by atoms with E-state index in [0.717, 1.165) is 19.4 Å². The number of amides is 1.